The zero-order chi connectivity index (χ0) is 16.5. The molecule has 0 saturated heterocycles. The highest BCUT2D eigenvalue weighted by Gasteiger charge is 2.15. The predicted octanol–water partition coefficient (Wildman–Crippen LogP) is 5.67. The molecular weight excluding hydrogens is 341 g/mol. The number of rotatable bonds is 2. The molecule has 0 radical (unpaired) electrons. The second-order valence-corrected chi connectivity index (χ2v) is 6.01. The van der Waals surface area contributed by atoms with Gasteiger partial charge in [-0.25, -0.2) is 15.0 Å². The molecule has 0 bridgehead atoms. The van der Waals surface area contributed by atoms with E-state index in [-0.39, 0.29) is 5.28 Å². The molecule has 0 aliphatic carbocycles. The van der Waals surface area contributed by atoms with Crippen molar-refractivity contribution in [2.75, 3.05) is 0 Å². The van der Waals surface area contributed by atoms with Gasteiger partial charge in [0, 0.05) is 11.1 Å². The van der Waals surface area contributed by atoms with Gasteiger partial charge in [-0.2, -0.15) is 0 Å². The van der Waals surface area contributed by atoms with E-state index in [2.05, 4.69) is 9.97 Å². The first-order chi connectivity index (χ1) is 11.7. The Balaban J connectivity index is 2.04. The summed E-state index contributed by atoms with van der Waals surface area (Å²) < 4.78 is 0. The first-order valence-electron chi connectivity index (χ1n) is 7.37. The SMILES string of the molecule is Clc1nc(-c2ccccc2)c2nc(-c3ccccc3)cc(Cl)c2n1. The topological polar surface area (TPSA) is 38.7 Å². The molecule has 0 spiro atoms. The molecule has 0 aliphatic heterocycles. The third-order valence-corrected chi connectivity index (χ3v) is 4.15. The monoisotopic (exact) mass is 351 g/mol. The van der Waals surface area contributed by atoms with Crippen molar-refractivity contribution in [3.63, 3.8) is 0 Å². The Hall–Kier alpha value is -2.49. The van der Waals surface area contributed by atoms with Crippen LogP contribution < -0.4 is 0 Å². The average molecular weight is 352 g/mol. The average Bonchev–Trinajstić information content (AvgIpc) is 2.63. The second-order valence-electron chi connectivity index (χ2n) is 5.26. The molecule has 0 unspecified atom stereocenters. The van der Waals surface area contributed by atoms with Crippen LogP contribution in [0, 0.1) is 0 Å². The van der Waals surface area contributed by atoms with E-state index in [1.54, 1.807) is 6.07 Å². The summed E-state index contributed by atoms with van der Waals surface area (Å²) in [7, 11) is 0. The zero-order valence-electron chi connectivity index (χ0n) is 12.4. The van der Waals surface area contributed by atoms with Gasteiger partial charge in [-0.1, -0.05) is 72.3 Å². The van der Waals surface area contributed by atoms with E-state index >= 15 is 0 Å². The summed E-state index contributed by atoms with van der Waals surface area (Å²) in [5.74, 6) is 0. The minimum Gasteiger partial charge on any atom is -0.244 e. The minimum atomic E-state index is 0.150. The summed E-state index contributed by atoms with van der Waals surface area (Å²) in [6, 6.07) is 21.4. The normalized spacial score (nSPS) is 10.9. The number of hydrogen-bond acceptors (Lipinski definition) is 3. The van der Waals surface area contributed by atoms with E-state index in [1.807, 2.05) is 60.7 Å². The van der Waals surface area contributed by atoms with Gasteiger partial charge in [-0.05, 0) is 17.7 Å². The summed E-state index contributed by atoms with van der Waals surface area (Å²) >= 11 is 12.5. The van der Waals surface area contributed by atoms with E-state index in [1.165, 1.54) is 0 Å². The summed E-state index contributed by atoms with van der Waals surface area (Å²) in [6.45, 7) is 0. The Morgan fingerprint density at radius 1 is 0.625 bits per heavy atom. The molecular formula is C19H11Cl2N3. The minimum absolute atomic E-state index is 0.150. The van der Waals surface area contributed by atoms with Crippen molar-refractivity contribution in [1.82, 2.24) is 15.0 Å². The van der Waals surface area contributed by atoms with Gasteiger partial charge in [0.1, 0.15) is 16.7 Å². The van der Waals surface area contributed by atoms with Gasteiger partial charge in [-0.3, -0.25) is 0 Å². The standard InChI is InChI=1S/C19H11Cl2N3/c20-14-11-15(12-7-3-1-4-8-12)22-18-16(13-9-5-2-6-10-13)23-19(21)24-17(14)18/h1-11H. The molecule has 24 heavy (non-hydrogen) atoms. The van der Waals surface area contributed by atoms with Gasteiger partial charge in [0.2, 0.25) is 5.28 Å². The van der Waals surface area contributed by atoms with Gasteiger partial charge in [0.15, 0.2) is 0 Å². The molecule has 0 atom stereocenters. The predicted molar refractivity (Wildman–Crippen MR) is 98.2 cm³/mol. The van der Waals surface area contributed by atoms with Crippen molar-refractivity contribution >= 4 is 34.2 Å². The van der Waals surface area contributed by atoms with Crippen LogP contribution >= 0.6 is 23.2 Å². The highest BCUT2D eigenvalue weighted by Crippen LogP contribution is 2.32. The van der Waals surface area contributed by atoms with E-state index < -0.39 is 0 Å². The van der Waals surface area contributed by atoms with Crippen LogP contribution in [-0.4, -0.2) is 15.0 Å². The molecule has 3 nitrogen and oxygen atoms in total. The van der Waals surface area contributed by atoms with Crippen molar-refractivity contribution in [1.29, 1.82) is 0 Å². The third kappa shape index (κ3) is 2.73. The molecule has 4 rings (SSSR count). The number of benzene rings is 2. The quantitative estimate of drug-likeness (QED) is 0.437. The van der Waals surface area contributed by atoms with Crippen molar-refractivity contribution in [2.45, 2.75) is 0 Å². The van der Waals surface area contributed by atoms with Crippen molar-refractivity contribution in [3.05, 3.63) is 77.0 Å². The molecule has 2 aromatic heterocycles. The Bertz CT molecular complexity index is 1020. The molecule has 116 valence electrons. The van der Waals surface area contributed by atoms with E-state index in [4.69, 9.17) is 28.2 Å². The second kappa shape index (κ2) is 6.19. The van der Waals surface area contributed by atoms with E-state index in [0.29, 0.717) is 21.7 Å². The van der Waals surface area contributed by atoms with Gasteiger partial charge in [0.25, 0.3) is 0 Å². The Morgan fingerprint density at radius 3 is 1.92 bits per heavy atom. The molecule has 0 saturated carbocycles. The lowest BCUT2D eigenvalue weighted by molar-refractivity contribution is 1.20. The Kier molecular flexibility index (Phi) is 3.89. The fraction of sp³-hybridized carbons (Fsp3) is 0. The number of halogens is 2. The molecule has 2 aromatic carbocycles. The lowest BCUT2D eigenvalue weighted by atomic mass is 10.1. The van der Waals surface area contributed by atoms with Gasteiger partial charge in [0.05, 0.1) is 10.7 Å². The Morgan fingerprint density at radius 2 is 1.25 bits per heavy atom. The third-order valence-electron chi connectivity index (χ3n) is 3.70. The van der Waals surface area contributed by atoms with Crippen LogP contribution in [0.15, 0.2) is 66.7 Å². The molecule has 0 aliphatic rings. The van der Waals surface area contributed by atoms with Crippen molar-refractivity contribution < 1.29 is 0 Å². The van der Waals surface area contributed by atoms with Gasteiger partial charge >= 0.3 is 0 Å². The van der Waals surface area contributed by atoms with Crippen LogP contribution in [0.3, 0.4) is 0 Å². The highest BCUT2D eigenvalue weighted by molar-refractivity contribution is 6.36. The Labute approximate surface area is 148 Å². The molecule has 0 amide bonds. The smallest absolute Gasteiger partial charge is 0.223 e. The maximum Gasteiger partial charge on any atom is 0.223 e. The highest BCUT2D eigenvalue weighted by atomic mass is 35.5. The largest absolute Gasteiger partial charge is 0.244 e. The number of fused-ring (bicyclic) bond motifs is 1. The molecule has 4 aromatic rings. The number of nitrogens with zero attached hydrogens (tertiary/aromatic N) is 3. The molecule has 0 N–H and O–H groups in total. The maximum atomic E-state index is 6.45. The van der Waals surface area contributed by atoms with Crippen LogP contribution in [-0.2, 0) is 0 Å². The first-order valence-corrected chi connectivity index (χ1v) is 8.12. The van der Waals surface area contributed by atoms with E-state index in [0.717, 1.165) is 16.8 Å². The lowest BCUT2D eigenvalue weighted by Crippen LogP contribution is -1.96. The maximum absolute atomic E-state index is 6.45. The lowest BCUT2D eigenvalue weighted by Gasteiger charge is -2.09. The van der Waals surface area contributed by atoms with Gasteiger partial charge in [-0.15, -0.1) is 0 Å². The number of pyridine rings is 1. The van der Waals surface area contributed by atoms with E-state index in [9.17, 15) is 0 Å². The van der Waals surface area contributed by atoms with Crippen LogP contribution in [0.4, 0.5) is 0 Å². The summed E-state index contributed by atoms with van der Waals surface area (Å²) in [4.78, 5) is 13.4. The van der Waals surface area contributed by atoms with Crippen molar-refractivity contribution in [3.8, 4) is 22.5 Å². The van der Waals surface area contributed by atoms with Crippen LogP contribution in [0.25, 0.3) is 33.5 Å². The zero-order valence-corrected chi connectivity index (χ0v) is 14.0. The fourth-order valence-corrected chi connectivity index (χ4v) is 3.00. The fourth-order valence-electron chi connectivity index (χ4n) is 2.60. The summed E-state index contributed by atoms with van der Waals surface area (Å²) in [5.41, 5.74) is 4.53. The number of aromatic nitrogens is 3. The first kappa shape index (κ1) is 15.1. The summed E-state index contributed by atoms with van der Waals surface area (Å²) in [5, 5.41) is 0.651. The van der Waals surface area contributed by atoms with Crippen LogP contribution in [0.2, 0.25) is 10.3 Å². The summed E-state index contributed by atoms with van der Waals surface area (Å²) in [6.07, 6.45) is 0. The molecule has 5 heteroatoms. The number of hydrogen-bond donors (Lipinski definition) is 0. The van der Waals surface area contributed by atoms with Crippen LogP contribution in [0.5, 0.6) is 0 Å². The van der Waals surface area contributed by atoms with Crippen LogP contribution in [0.1, 0.15) is 0 Å². The van der Waals surface area contributed by atoms with Gasteiger partial charge < -0.3 is 0 Å². The molecule has 0 fully saturated rings. The molecule has 2 heterocycles. The van der Waals surface area contributed by atoms with Crippen molar-refractivity contribution in [2.24, 2.45) is 0 Å².